The molecule has 0 saturated carbocycles. The van der Waals surface area contributed by atoms with Crippen LogP contribution in [0.15, 0.2) is 30.3 Å². The minimum Gasteiger partial charge on any atom is -0.343 e. The van der Waals surface area contributed by atoms with Gasteiger partial charge in [0.1, 0.15) is 0 Å². The fourth-order valence-electron chi connectivity index (χ4n) is 3.95. The highest BCUT2D eigenvalue weighted by atomic mass is 16.2. The van der Waals surface area contributed by atoms with Crippen molar-refractivity contribution >= 4 is 5.91 Å². The molecule has 3 nitrogen and oxygen atoms in total. The van der Waals surface area contributed by atoms with Crippen LogP contribution in [0.5, 0.6) is 0 Å². The van der Waals surface area contributed by atoms with Crippen LogP contribution in [0.3, 0.4) is 0 Å². The van der Waals surface area contributed by atoms with Crippen molar-refractivity contribution in [3.8, 4) is 0 Å². The number of nitrogens with one attached hydrogen (secondary N) is 1. The van der Waals surface area contributed by atoms with Gasteiger partial charge in [-0.1, -0.05) is 44.2 Å². The second-order valence-electron chi connectivity index (χ2n) is 7.56. The average Bonchev–Trinajstić information content (AvgIpc) is 2.86. The Hall–Kier alpha value is -1.35. The quantitative estimate of drug-likeness (QED) is 0.931. The Morgan fingerprint density at radius 1 is 1.14 bits per heavy atom. The van der Waals surface area contributed by atoms with E-state index in [4.69, 9.17) is 0 Å². The standard InChI is InChI=1S/C19H28N2O/c1-19(2,17-6-4-3-5-7-17)12-18(22)21-10-8-15-13-20-14-16(15)9-11-21/h3-7,15-16,20H,8-14H2,1-2H3/t15-,16+. The van der Waals surface area contributed by atoms with Crippen molar-refractivity contribution in [1.29, 1.82) is 0 Å². The van der Waals surface area contributed by atoms with Crippen LogP contribution < -0.4 is 5.32 Å². The fraction of sp³-hybridized carbons (Fsp3) is 0.632. The largest absolute Gasteiger partial charge is 0.343 e. The molecule has 22 heavy (non-hydrogen) atoms. The maximum absolute atomic E-state index is 12.8. The summed E-state index contributed by atoms with van der Waals surface area (Å²) in [5, 5.41) is 3.49. The highest BCUT2D eigenvalue weighted by Crippen LogP contribution is 2.30. The average molecular weight is 300 g/mol. The number of fused-ring (bicyclic) bond motifs is 1. The molecule has 1 aromatic rings. The van der Waals surface area contributed by atoms with E-state index in [-0.39, 0.29) is 5.41 Å². The minimum atomic E-state index is -0.0952. The summed E-state index contributed by atoms with van der Waals surface area (Å²) in [4.78, 5) is 14.9. The first-order valence-electron chi connectivity index (χ1n) is 8.60. The van der Waals surface area contributed by atoms with E-state index < -0.39 is 0 Å². The van der Waals surface area contributed by atoms with Crippen molar-refractivity contribution in [1.82, 2.24) is 10.2 Å². The third kappa shape index (κ3) is 3.35. The first-order chi connectivity index (χ1) is 10.6. The van der Waals surface area contributed by atoms with E-state index in [0.717, 1.165) is 50.9 Å². The topological polar surface area (TPSA) is 32.3 Å². The smallest absolute Gasteiger partial charge is 0.223 e. The monoisotopic (exact) mass is 300 g/mol. The summed E-state index contributed by atoms with van der Waals surface area (Å²) in [5.74, 6) is 1.88. The molecule has 3 rings (SSSR count). The van der Waals surface area contributed by atoms with Crippen molar-refractivity contribution in [2.45, 2.75) is 38.5 Å². The first kappa shape index (κ1) is 15.5. The van der Waals surface area contributed by atoms with E-state index in [1.165, 1.54) is 5.56 Å². The van der Waals surface area contributed by atoms with Gasteiger partial charge in [0.15, 0.2) is 0 Å². The summed E-state index contributed by atoms with van der Waals surface area (Å²) in [7, 11) is 0. The predicted molar refractivity (Wildman–Crippen MR) is 89.7 cm³/mol. The van der Waals surface area contributed by atoms with Gasteiger partial charge in [0, 0.05) is 19.5 Å². The molecule has 1 N–H and O–H groups in total. The van der Waals surface area contributed by atoms with Gasteiger partial charge in [-0.25, -0.2) is 0 Å². The Bertz CT molecular complexity index is 497. The van der Waals surface area contributed by atoms with E-state index in [1.54, 1.807) is 0 Å². The Morgan fingerprint density at radius 2 is 1.73 bits per heavy atom. The molecular formula is C19H28N2O. The number of benzene rings is 1. The molecule has 0 bridgehead atoms. The van der Waals surface area contributed by atoms with Crippen LogP contribution in [0, 0.1) is 11.8 Å². The molecule has 0 radical (unpaired) electrons. The van der Waals surface area contributed by atoms with Crippen molar-refractivity contribution < 1.29 is 4.79 Å². The zero-order chi connectivity index (χ0) is 15.6. The van der Waals surface area contributed by atoms with Gasteiger partial charge < -0.3 is 10.2 Å². The normalized spacial score (nSPS) is 25.6. The minimum absolute atomic E-state index is 0.0952. The van der Waals surface area contributed by atoms with Crippen molar-refractivity contribution in [2.24, 2.45) is 11.8 Å². The molecule has 2 saturated heterocycles. The van der Waals surface area contributed by atoms with Gasteiger partial charge in [-0.2, -0.15) is 0 Å². The van der Waals surface area contributed by atoms with Gasteiger partial charge in [0.25, 0.3) is 0 Å². The van der Waals surface area contributed by atoms with Crippen LogP contribution in [-0.2, 0) is 10.2 Å². The molecule has 2 aliphatic rings. The molecule has 0 spiro atoms. The van der Waals surface area contributed by atoms with Gasteiger partial charge >= 0.3 is 0 Å². The first-order valence-corrected chi connectivity index (χ1v) is 8.60. The zero-order valence-electron chi connectivity index (χ0n) is 13.8. The van der Waals surface area contributed by atoms with Crippen LogP contribution >= 0.6 is 0 Å². The fourth-order valence-corrected chi connectivity index (χ4v) is 3.95. The molecule has 0 unspecified atom stereocenters. The third-order valence-corrected chi connectivity index (χ3v) is 5.52. The molecule has 1 amide bonds. The van der Waals surface area contributed by atoms with Crippen molar-refractivity contribution in [3.05, 3.63) is 35.9 Å². The molecule has 120 valence electrons. The second kappa shape index (κ2) is 6.41. The predicted octanol–water partition coefficient (Wildman–Crippen LogP) is 2.81. The van der Waals surface area contributed by atoms with Gasteiger partial charge in [-0.05, 0) is 48.7 Å². The van der Waals surface area contributed by atoms with Crippen LogP contribution in [0.2, 0.25) is 0 Å². The molecule has 1 aromatic carbocycles. The van der Waals surface area contributed by atoms with E-state index in [1.807, 2.05) is 6.07 Å². The highest BCUT2D eigenvalue weighted by molar-refractivity contribution is 5.77. The van der Waals surface area contributed by atoms with Crippen LogP contribution in [0.1, 0.15) is 38.7 Å². The molecule has 2 atom stereocenters. The Balaban J connectivity index is 1.62. The van der Waals surface area contributed by atoms with Gasteiger partial charge in [0.05, 0.1) is 0 Å². The number of hydrogen-bond donors (Lipinski definition) is 1. The van der Waals surface area contributed by atoms with Crippen LogP contribution in [-0.4, -0.2) is 37.0 Å². The number of amides is 1. The second-order valence-corrected chi connectivity index (χ2v) is 7.56. The molecule has 0 aliphatic carbocycles. The lowest BCUT2D eigenvalue weighted by Gasteiger charge is -2.29. The highest BCUT2D eigenvalue weighted by Gasteiger charge is 2.33. The SMILES string of the molecule is CC(C)(CC(=O)N1CC[C@@H]2CNC[C@@H]2CC1)c1ccccc1. The zero-order valence-corrected chi connectivity index (χ0v) is 13.8. The van der Waals surface area contributed by atoms with E-state index in [9.17, 15) is 4.79 Å². The Labute approximate surface area is 134 Å². The third-order valence-electron chi connectivity index (χ3n) is 5.52. The summed E-state index contributed by atoms with van der Waals surface area (Å²) >= 11 is 0. The van der Waals surface area contributed by atoms with Gasteiger partial charge in [-0.15, -0.1) is 0 Å². The summed E-state index contributed by atoms with van der Waals surface area (Å²) < 4.78 is 0. The van der Waals surface area contributed by atoms with Gasteiger partial charge in [-0.3, -0.25) is 4.79 Å². The lowest BCUT2D eigenvalue weighted by molar-refractivity contribution is -0.132. The van der Waals surface area contributed by atoms with E-state index in [2.05, 4.69) is 48.3 Å². The molecule has 2 fully saturated rings. The van der Waals surface area contributed by atoms with E-state index in [0.29, 0.717) is 12.3 Å². The van der Waals surface area contributed by atoms with E-state index >= 15 is 0 Å². The Morgan fingerprint density at radius 3 is 2.32 bits per heavy atom. The lowest BCUT2D eigenvalue weighted by atomic mass is 9.81. The number of nitrogens with zero attached hydrogens (tertiary/aromatic N) is 1. The van der Waals surface area contributed by atoms with Crippen LogP contribution in [0.4, 0.5) is 0 Å². The number of hydrogen-bond acceptors (Lipinski definition) is 2. The summed E-state index contributed by atoms with van der Waals surface area (Å²) in [6, 6.07) is 10.4. The van der Waals surface area contributed by atoms with Crippen molar-refractivity contribution in [3.63, 3.8) is 0 Å². The number of likely N-dealkylation sites (tertiary alicyclic amines) is 1. The maximum atomic E-state index is 12.8. The van der Waals surface area contributed by atoms with Crippen molar-refractivity contribution in [2.75, 3.05) is 26.2 Å². The lowest BCUT2D eigenvalue weighted by Crippen LogP contribution is -2.36. The summed E-state index contributed by atoms with van der Waals surface area (Å²) in [6.45, 7) is 8.51. The molecule has 0 aromatic heterocycles. The number of rotatable bonds is 3. The summed E-state index contributed by atoms with van der Waals surface area (Å²) in [5.41, 5.74) is 1.15. The molecule has 2 heterocycles. The molecule has 2 aliphatic heterocycles. The molecular weight excluding hydrogens is 272 g/mol. The Kier molecular flexibility index (Phi) is 4.53. The van der Waals surface area contributed by atoms with Crippen LogP contribution in [0.25, 0.3) is 0 Å². The summed E-state index contributed by atoms with van der Waals surface area (Å²) in [6.07, 6.45) is 2.93. The number of carbonyl (C=O) groups is 1. The number of carbonyl (C=O) groups excluding carboxylic acids is 1. The maximum Gasteiger partial charge on any atom is 0.223 e. The van der Waals surface area contributed by atoms with Gasteiger partial charge in [0.2, 0.25) is 5.91 Å². The molecule has 3 heteroatoms.